The minimum absolute atomic E-state index is 0.0362. The van der Waals surface area contributed by atoms with Gasteiger partial charge in [-0.3, -0.25) is 0 Å². The summed E-state index contributed by atoms with van der Waals surface area (Å²) in [5, 5.41) is 0. The van der Waals surface area contributed by atoms with Crippen molar-refractivity contribution < 1.29 is 4.74 Å². The number of likely N-dealkylation sites (N-methyl/N-ethyl adjacent to an activating group) is 1. The Morgan fingerprint density at radius 3 is 3.06 bits per heavy atom. The van der Waals surface area contributed by atoms with Gasteiger partial charge in [0.15, 0.2) is 0 Å². The van der Waals surface area contributed by atoms with Crippen molar-refractivity contribution in [1.29, 1.82) is 0 Å². The smallest absolute Gasteiger partial charge is 0.138 e. The van der Waals surface area contributed by atoms with Crippen LogP contribution in [0.4, 0.5) is 0 Å². The zero-order valence-corrected chi connectivity index (χ0v) is 10.8. The third-order valence-corrected chi connectivity index (χ3v) is 3.58. The van der Waals surface area contributed by atoms with Gasteiger partial charge < -0.3 is 14.6 Å². The predicted molar refractivity (Wildman–Crippen MR) is 67.6 cm³/mol. The van der Waals surface area contributed by atoms with Gasteiger partial charge in [-0.2, -0.15) is 0 Å². The van der Waals surface area contributed by atoms with Gasteiger partial charge in [0.2, 0.25) is 0 Å². The van der Waals surface area contributed by atoms with Crippen molar-refractivity contribution in [3.8, 4) is 0 Å². The first-order valence-corrected chi connectivity index (χ1v) is 6.54. The number of aromatic nitrogens is 2. The van der Waals surface area contributed by atoms with Gasteiger partial charge in [0.05, 0.1) is 6.61 Å². The van der Waals surface area contributed by atoms with Crippen LogP contribution in [-0.2, 0) is 4.74 Å². The van der Waals surface area contributed by atoms with Crippen LogP contribution in [0.5, 0.6) is 0 Å². The molecule has 17 heavy (non-hydrogen) atoms. The van der Waals surface area contributed by atoms with Crippen LogP contribution >= 0.6 is 12.2 Å². The Hall–Kier alpha value is -0.780. The molecule has 1 aromatic rings. The zero-order chi connectivity index (χ0) is 11.8. The van der Waals surface area contributed by atoms with Crippen LogP contribution in [0, 0.1) is 4.64 Å². The summed E-state index contributed by atoms with van der Waals surface area (Å²) in [4.78, 5) is 10.1. The summed E-state index contributed by atoms with van der Waals surface area (Å²) in [6.07, 6.45) is 2.56. The van der Waals surface area contributed by atoms with Crippen molar-refractivity contribution >= 4 is 12.2 Å². The van der Waals surface area contributed by atoms with E-state index < -0.39 is 0 Å². The quantitative estimate of drug-likeness (QED) is 0.817. The average molecular weight is 251 g/mol. The number of morpholine rings is 1. The van der Waals surface area contributed by atoms with Gasteiger partial charge in [-0.1, -0.05) is 12.2 Å². The van der Waals surface area contributed by atoms with E-state index >= 15 is 0 Å². The summed E-state index contributed by atoms with van der Waals surface area (Å²) in [6, 6.07) is 1.99. The highest BCUT2D eigenvalue weighted by Crippen LogP contribution is 2.39. The molecule has 1 aliphatic carbocycles. The largest absolute Gasteiger partial charge is 0.368 e. The normalized spacial score (nSPS) is 26.1. The Labute approximate surface area is 106 Å². The lowest BCUT2D eigenvalue weighted by atomic mass is 10.2. The predicted octanol–water partition coefficient (Wildman–Crippen LogP) is 2.02. The first kappa shape index (κ1) is 11.3. The summed E-state index contributed by atoms with van der Waals surface area (Å²) in [5.41, 5.74) is 1.23. The van der Waals surface area contributed by atoms with Gasteiger partial charge in [0.25, 0.3) is 0 Å². The number of hydrogen-bond acceptors (Lipinski definition) is 4. The maximum atomic E-state index is 5.76. The first-order valence-electron chi connectivity index (χ1n) is 6.13. The van der Waals surface area contributed by atoms with Gasteiger partial charge in [-0.25, -0.2) is 4.98 Å². The summed E-state index contributed by atoms with van der Waals surface area (Å²) in [5.74, 6) is 1.56. The Balaban J connectivity index is 1.88. The van der Waals surface area contributed by atoms with Crippen LogP contribution in [0.25, 0.3) is 0 Å². The Bertz CT molecular complexity index is 469. The monoisotopic (exact) mass is 251 g/mol. The van der Waals surface area contributed by atoms with E-state index in [-0.39, 0.29) is 6.10 Å². The van der Waals surface area contributed by atoms with E-state index in [0.717, 1.165) is 25.5 Å². The van der Waals surface area contributed by atoms with Crippen LogP contribution in [0.15, 0.2) is 6.07 Å². The average Bonchev–Trinajstić information content (AvgIpc) is 3.12. The standard InChI is InChI=1S/C12H17N3OS/c1-15-4-5-16-10(7-15)12-13-9(8-2-3-8)6-11(17)14-12/h6,8,10H,2-5,7H2,1H3,(H,13,14,17). The van der Waals surface area contributed by atoms with E-state index in [9.17, 15) is 0 Å². The molecule has 0 amide bonds. The fourth-order valence-corrected chi connectivity index (χ4v) is 2.43. The lowest BCUT2D eigenvalue weighted by Gasteiger charge is -2.29. The summed E-state index contributed by atoms with van der Waals surface area (Å²) in [6.45, 7) is 2.63. The fraction of sp³-hybridized carbons (Fsp3) is 0.667. The SMILES string of the molecule is CN1CCOC(c2nc(=S)cc(C3CC3)[nH]2)C1. The van der Waals surface area contributed by atoms with E-state index in [4.69, 9.17) is 17.0 Å². The van der Waals surface area contributed by atoms with Gasteiger partial charge in [-0.05, 0) is 31.9 Å². The van der Waals surface area contributed by atoms with E-state index in [1.807, 2.05) is 6.07 Å². The topological polar surface area (TPSA) is 41.1 Å². The Morgan fingerprint density at radius 1 is 1.53 bits per heavy atom. The minimum atomic E-state index is 0.0362. The molecule has 1 unspecified atom stereocenters. The molecule has 1 aliphatic heterocycles. The molecular formula is C12H17N3OS. The third kappa shape index (κ3) is 2.56. The molecule has 2 fully saturated rings. The highest BCUT2D eigenvalue weighted by Gasteiger charge is 2.27. The zero-order valence-electron chi connectivity index (χ0n) is 9.98. The molecule has 0 spiro atoms. The number of nitrogens with one attached hydrogen (secondary N) is 1. The van der Waals surface area contributed by atoms with Gasteiger partial charge >= 0.3 is 0 Å². The van der Waals surface area contributed by atoms with Gasteiger partial charge in [-0.15, -0.1) is 0 Å². The number of aromatic amines is 1. The molecule has 1 aromatic heterocycles. The molecule has 5 heteroatoms. The van der Waals surface area contributed by atoms with Crippen LogP contribution in [0.3, 0.4) is 0 Å². The lowest BCUT2D eigenvalue weighted by molar-refractivity contribution is -0.0256. The van der Waals surface area contributed by atoms with Crippen molar-refractivity contribution in [2.24, 2.45) is 0 Å². The molecule has 0 aromatic carbocycles. The maximum Gasteiger partial charge on any atom is 0.138 e. The fourth-order valence-electron chi connectivity index (χ4n) is 2.21. The van der Waals surface area contributed by atoms with E-state index in [1.165, 1.54) is 18.5 Å². The van der Waals surface area contributed by atoms with Gasteiger partial charge in [0, 0.05) is 18.8 Å². The number of ether oxygens (including phenoxy) is 1. The molecule has 3 rings (SSSR count). The van der Waals surface area contributed by atoms with Crippen molar-refractivity contribution in [2.75, 3.05) is 26.7 Å². The molecule has 1 atom stereocenters. The van der Waals surface area contributed by atoms with Crippen LogP contribution in [0.1, 0.15) is 36.4 Å². The van der Waals surface area contributed by atoms with E-state index in [2.05, 4.69) is 21.9 Å². The second-order valence-corrected chi connectivity index (χ2v) is 5.37. The van der Waals surface area contributed by atoms with Gasteiger partial charge in [0.1, 0.15) is 16.6 Å². The molecule has 0 bridgehead atoms. The van der Waals surface area contributed by atoms with E-state index in [1.54, 1.807) is 0 Å². The number of nitrogens with zero attached hydrogens (tertiary/aromatic N) is 2. The number of hydrogen-bond donors (Lipinski definition) is 1. The van der Waals surface area contributed by atoms with Crippen molar-refractivity contribution in [2.45, 2.75) is 24.9 Å². The van der Waals surface area contributed by atoms with Crippen molar-refractivity contribution in [3.63, 3.8) is 0 Å². The summed E-state index contributed by atoms with van der Waals surface area (Å²) >= 11 is 5.23. The van der Waals surface area contributed by atoms with Crippen LogP contribution in [0.2, 0.25) is 0 Å². The molecule has 1 saturated heterocycles. The second kappa shape index (κ2) is 4.48. The summed E-state index contributed by atoms with van der Waals surface area (Å²) in [7, 11) is 2.11. The molecule has 92 valence electrons. The first-order chi connectivity index (χ1) is 8.22. The number of rotatable bonds is 2. The highest BCUT2D eigenvalue weighted by molar-refractivity contribution is 7.71. The maximum absolute atomic E-state index is 5.76. The van der Waals surface area contributed by atoms with Crippen molar-refractivity contribution in [3.05, 3.63) is 22.2 Å². The van der Waals surface area contributed by atoms with Crippen LogP contribution in [-0.4, -0.2) is 41.6 Å². The molecule has 1 saturated carbocycles. The molecular weight excluding hydrogens is 234 g/mol. The third-order valence-electron chi connectivity index (χ3n) is 3.37. The second-order valence-electron chi connectivity index (χ2n) is 4.96. The molecule has 4 nitrogen and oxygen atoms in total. The Morgan fingerprint density at radius 2 is 2.35 bits per heavy atom. The van der Waals surface area contributed by atoms with Crippen molar-refractivity contribution in [1.82, 2.24) is 14.9 Å². The molecule has 2 aliphatic rings. The number of H-pyrrole nitrogens is 1. The molecule has 0 radical (unpaired) electrons. The minimum Gasteiger partial charge on any atom is -0.368 e. The van der Waals surface area contributed by atoms with E-state index in [0.29, 0.717) is 10.6 Å². The highest BCUT2D eigenvalue weighted by atomic mass is 32.1. The van der Waals surface area contributed by atoms with Crippen LogP contribution < -0.4 is 0 Å². The lowest BCUT2D eigenvalue weighted by Crippen LogP contribution is -2.36. The Kier molecular flexibility index (Phi) is 2.98. The summed E-state index contributed by atoms with van der Waals surface area (Å²) < 4.78 is 6.44. The molecule has 2 heterocycles. The molecule has 1 N–H and O–H groups in total.